The molecule has 0 aliphatic rings. The number of pyridine rings is 2. The largest absolute Gasteiger partial charge is 0.452 e. The van der Waals surface area contributed by atoms with E-state index in [-0.39, 0.29) is 5.02 Å². The van der Waals surface area contributed by atoms with E-state index in [2.05, 4.69) is 15.3 Å². The predicted molar refractivity (Wildman–Crippen MR) is 120 cm³/mol. The van der Waals surface area contributed by atoms with Crippen LogP contribution in [-0.2, 0) is 9.53 Å². The quantitative estimate of drug-likeness (QED) is 0.410. The van der Waals surface area contributed by atoms with Crippen LogP contribution in [0.1, 0.15) is 10.4 Å². The maximum atomic E-state index is 12.8. The Balaban J connectivity index is 1.56. The van der Waals surface area contributed by atoms with E-state index in [0.29, 0.717) is 38.6 Å². The maximum absolute atomic E-state index is 12.8. The number of nitrogens with one attached hydrogen (secondary N) is 1. The number of rotatable bonds is 5. The van der Waals surface area contributed by atoms with E-state index in [4.69, 9.17) is 27.9 Å². The highest BCUT2D eigenvalue weighted by atomic mass is 35.5. The van der Waals surface area contributed by atoms with Crippen LogP contribution in [0.3, 0.4) is 0 Å². The minimum absolute atomic E-state index is 0.212. The molecule has 0 aliphatic carbocycles. The van der Waals surface area contributed by atoms with Gasteiger partial charge in [0.25, 0.3) is 5.91 Å². The second kappa shape index (κ2) is 9.12. The first-order valence-electron chi connectivity index (χ1n) is 9.25. The van der Waals surface area contributed by atoms with Gasteiger partial charge in [0.15, 0.2) is 6.61 Å². The number of fused-ring (bicyclic) bond motifs is 1. The van der Waals surface area contributed by atoms with Crippen LogP contribution in [0, 0.1) is 0 Å². The number of carbonyl (C=O) groups is 2. The highest BCUT2D eigenvalue weighted by Gasteiger charge is 2.17. The number of nitrogens with zero attached hydrogens (tertiary/aromatic N) is 2. The summed E-state index contributed by atoms with van der Waals surface area (Å²) in [5, 5.41) is 3.71. The molecule has 0 saturated heterocycles. The highest BCUT2D eigenvalue weighted by molar-refractivity contribution is 6.44. The van der Waals surface area contributed by atoms with Crippen LogP contribution in [-0.4, -0.2) is 28.5 Å². The Morgan fingerprint density at radius 3 is 2.55 bits per heavy atom. The van der Waals surface area contributed by atoms with Crippen molar-refractivity contribution in [3.05, 3.63) is 88.5 Å². The van der Waals surface area contributed by atoms with E-state index in [1.807, 2.05) is 12.1 Å². The molecular weight excluding hydrogens is 437 g/mol. The Morgan fingerprint density at radius 2 is 1.74 bits per heavy atom. The first-order valence-corrected chi connectivity index (χ1v) is 10.0. The number of esters is 1. The Labute approximate surface area is 187 Å². The van der Waals surface area contributed by atoms with Crippen molar-refractivity contribution in [2.45, 2.75) is 0 Å². The van der Waals surface area contributed by atoms with Crippen molar-refractivity contribution in [3.63, 3.8) is 0 Å². The number of aromatic nitrogens is 2. The summed E-state index contributed by atoms with van der Waals surface area (Å²) in [5.74, 6) is -1.19. The van der Waals surface area contributed by atoms with E-state index in [1.165, 1.54) is 0 Å². The second-order valence-corrected chi connectivity index (χ2v) is 7.30. The van der Waals surface area contributed by atoms with Crippen LogP contribution in [0.5, 0.6) is 0 Å². The van der Waals surface area contributed by atoms with Gasteiger partial charge in [0.1, 0.15) is 0 Å². The molecule has 1 amide bonds. The molecule has 0 saturated carbocycles. The van der Waals surface area contributed by atoms with Gasteiger partial charge in [0.2, 0.25) is 0 Å². The number of anilines is 1. The van der Waals surface area contributed by atoms with Crippen molar-refractivity contribution in [2.24, 2.45) is 0 Å². The first-order chi connectivity index (χ1) is 15.0. The predicted octanol–water partition coefficient (Wildman–Crippen LogP) is 5.40. The van der Waals surface area contributed by atoms with Gasteiger partial charge in [-0.3, -0.25) is 9.78 Å². The molecule has 0 radical (unpaired) electrons. The van der Waals surface area contributed by atoms with Crippen molar-refractivity contribution < 1.29 is 14.3 Å². The summed E-state index contributed by atoms with van der Waals surface area (Å²) in [6, 6.07) is 19.1. The zero-order valence-electron chi connectivity index (χ0n) is 16.0. The van der Waals surface area contributed by atoms with E-state index in [0.717, 1.165) is 0 Å². The van der Waals surface area contributed by atoms with Crippen molar-refractivity contribution in [1.82, 2.24) is 9.97 Å². The van der Waals surface area contributed by atoms with Crippen LogP contribution >= 0.6 is 23.2 Å². The number of carbonyl (C=O) groups excluding carboxylic acids is 2. The SMILES string of the molecule is O=C(COC(=O)c1cc(-c2ccccn2)nc2ccccc12)Nc1cccc(Cl)c1Cl. The molecule has 1 N–H and O–H groups in total. The van der Waals surface area contributed by atoms with Gasteiger partial charge in [-0.1, -0.05) is 53.5 Å². The van der Waals surface area contributed by atoms with Crippen LogP contribution in [0.25, 0.3) is 22.3 Å². The molecule has 0 bridgehead atoms. The van der Waals surface area contributed by atoms with Crippen molar-refractivity contribution >= 4 is 51.7 Å². The number of para-hydroxylation sites is 1. The van der Waals surface area contributed by atoms with Crippen LogP contribution < -0.4 is 5.32 Å². The van der Waals surface area contributed by atoms with Crippen molar-refractivity contribution in [2.75, 3.05) is 11.9 Å². The van der Waals surface area contributed by atoms with Gasteiger partial charge in [0.05, 0.1) is 38.2 Å². The maximum Gasteiger partial charge on any atom is 0.339 e. The van der Waals surface area contributed by atoms with Gasteiger partial charge in [-0.15, -0.1) is 0 Å². The summed E-state index contributed by atoms with van der Waals surface area (Å²) in [7, 11) is 0. The van der Waals surface area contributed by atoms with Crippen LogP contribution in [0.15, 0.2) is 72.9 Å². The molecule has 2 heterocycles. The summed E-state index contributed by atoms with van der Waals surface area (Å²) in [5.41, 5.74) is 2.40. The fourth-order valence-corrected chi connectivity index (χ4v) is 3.33. The molecule has 6 nitrogen and oxygen atoms in total. The monoisotopic (exact) mass is 451 g/mol. The number of hydrogen-bond donors (Lipinski definition) is 1. The minimum atomic E-state index is -0.650. The van der Waals surface area contributed by atoms with Crippen LogP contribution in [0.2, 0.25) is 10.0 Å². The molecule has 0 atom stereocenters. The zero-order chi connectivity index (χ0) is 21.8. The molecule has 4 aromatic rings. The summed E-state index contributed by atoms with van der Waals surface area (Å²) in [6.45, 7) is -0.489. The fraction of sp³-hybridized carbons (Fsp3) is 0.0435. The molecule has 0 spiro atoms. The molecule has 154 valence electrons. The van der Waals surface area contributed by atoms with Gasteiger partial charge >= 0.3 is 5.97 Å². The smallest absolute Gasteiger partial charge is 0.339 e. The summed E-state index contributed by atoms with van der Waals surface area (Å²) >= 11 is 12.0. The zero-order valence-corrected chi connectivity index (χ0v) is 17.5. The number of hydrogen-bond acceptors (Lipinski definition) is 5. The lowest BCUT2D eigenvalue weighted by atomic mass is 10.1. The van der Waals surface area contributed by atoms with E-state index < -0.39 is 18.5 Å². The van der Waals surface area contributed by atoms with Crippen LogP contribution in [0.4, 0.5) is 5.69 Å². The standard InChI is InChI=1S/C23H15Cl2N3O3/c24-16-7-5-10-19(22(16)25)28-21(29)13-31-23(30)15-12-20(18-9-3-4-11-26-18)27-17-8-2-1-6-14(15)17/h1-12H,13H2,(H,28,29). The molecule has 0 unspecified atom stereocenters. The van der Waals surface area contributed by atoms with Crippen molar-refractivity contribution in [1.29, 1.82) is 0 Å². The van der Waals surface area contributed by atoms with Gasteiger partial charge in [-0.05, 0) is 36.4 Å². The Morgan fingerprint density at radius 1 is 0.935 bits per heavy atom. The minimum Gasteiger partial charge on any atom is -0.452 e. The van der Waals surface area contributed by atoms with Crippen molar-refractivity contribution in [3.8, 4) is 11.4 Å². The summed E-state index contributed by atoms with van der Waals surface area (Å²) in [6.07, 6.45) is 1.65. The lowest BCUT2D eigenvalue weighted by molar-refractivity contribution is -0.119. The van der Waals surface area contributed by atoms with Gasteiger partial charge in [-0.25, -0.2) is 9.78 Å². The molecule has 8 heteroatoms. The number of halogens is 2. The molecular formula is C23H15Cl2N3O3. The van der Waals surface area contributed by atoms with Gasteiger partial charge < -0.3 is 10.1 Å². The Hall–Kier alpha value is -3.48. The summed E-state index contributed by atoms with van der Waals surface area (Å²) < 4.78 is 5.26. The third-order valence-corrected chi connectivity index (χ3v) is 5.24. The van der Waals surface area contributed by atoms with Gasteiger partial charge in [-0.2, -0.15) is 0 Å². The fourth-order valence-electron chi connectivity index (χ4n) is 2.99. The van der Waals surface area contributed by atoms with Gasteiger partial charge in [0, 0.05) is 11.6 Å². The average molecular weight is 452 g/mol. The number of benzene rings is 2. The van der Waals surface area contributed by atoms with E-state index in [9.17, 15) is 9.59 Å². The van der Waals surface area contributed by atoms with E-state index in [1.54, 1.807) is 60.8 Å². The molecule has 0 fully saturated rings. The Bertz CT molecular complexity index is 1280. The molecule has 2 aromatic carbocycles. The average Bonchev–Trinajstić information content (AvgIpc) is 2.80. The lowest BCUT2D eigenvalue weighted by Crippen LogP contribution is -2.21. The number of ether oxygens (including phenoxy) is 1. The first kappa shape index (κ1) is 20.8. The highest BCUT2D eigenvalue weighted by Crippen LogP contribution is 2.29. The third kappa shape index (κ3) is 4.66. The molecule has 2 aromatic heterocycles. The summed E-state index contributed by atoms with van der Waals surface area (Å²) in [4.78, 5) is 33.9. The second-order valence-electron chi connectivity index (χ2n) is 6.51. The number of amides is 1. The van der Waals surface area contributed by atoms with E-state index >= 15 is 0 Å². The molecule has 31 heavy (non-hydrogen) atoms. The normalized spacial score (nSPS) is 10.6. The topological polar surface area (TPSA) is 81.2 Å². The Kier molecular flexibility index (Phi) is 6.11. The molecule has 0 aliphatic heterocycles. The lowest BCUT2D eigenvalue weighted by Gasteiger charge is -2.11. The third-order valence-electron chi connectivity index (χ3n) is 4.42. The molecule has 4 rings (SSSR count).